The third-order valence-corrected chi connectivity index (χ3v) is 5.59. The highest BCUT2D eigenvalue weighted by atomic mass is 15.2. The van der Waals surface area contributed by atoms with Crippen molar-refractivity contribution < 1.29 is 0 Å². The molecule has 3 N–H and O–H groups in total. The minimum atomic E-state index is 0.0825. The highest BCUT2D eigenvalue weighted by Crippen LogP contribution is 2.47. The first-order valence-electron chi connectivity index (χ1n) is 7.91. The number of nitrogens with two attached hydrogens (primary N) is 1. The van der Waals surface area contributed by atoms with Crippen LogP contribution in [0.3, 0.4) is 0 Å². The smallest absolute Gasteiger partial charge is 0.110 e. The monoisotopic (exact) mass is 267 g/mol. The molecule has 0 spiro atoms. The molecule has 3 heteroatoms. The average molecular weight is 267 g/mol. The summed E-state index contributed by atoms with van der Waals surface area (Å²) in [6, 6.07) is 6.77. The van der Waals surface area contributed by atoms with Crippen LogP contribution in [0.1, 0.15) is 42.7 Å². The summed E-state index contributed by atoms with van der Waals surface area (Å²) in [6.45, 7) is 2.45. The Labute approximate surface area is 119 Å². The molecule has 104 valence electrons. The summed E-state index contributed by atoms with van der Waals surface area (Å²) in [6.07, 6.45) is 6.03. The second-order valence-electron chi connectivity index (χ2n) is 7.03. The van der Waals surface area contributed by atoms with Crippen molar-refractivity contribution in [3.63, 3.8) is 0 Å². The fourth-order valence-corrected chi connectivity index (χ4v) is 4.20. The highest BCUT2D eigenvalue weighted by molar-refractivity contribution is 5.93. The Balaban J connectivity index is 1.71. The van der Waals surface area contributed by atoms with Gasteiger partial charge in [0.1, 0.15) is 5.82 Å². The Morgan fingerprint density at radius 2 is 2.05 bits per heavy atom. The summed E-state index contributed by atoms with van der Waals surface area (Å²) < 4.78 is 0. The number of fused-ring (bicyclic) bond motifs is 3. The molecule has 20 heavy (non-hydrogen) atoms. The van der Waals surface area contributed by atoms with Gasteiger partial charge in [0.05, 0.1) is 5.52 Å². The summed E-state index contributed by atoms with van der Waals surface area (Å²) in [5.41, 5.74) is 10.8. The molecule has 3 aliphatic heterocycles. The van der Waals surface area contributed by atoms with E-state index in [1.54, 1.807) is 5.56 Å². The van der Waals surface area contributed by atoms with Crippen LogP contribution in [0.15, 0.2) is 18.2 Å². The third-order valence-electron chi connectivity index (χ3n) is 5.59. The minimum absolute atomic E-state index is 0.0825. The normalized spacial score (nSPS) is 23.4. The summed E-state index contributed by atoms with van der Waals surface area (Å²) in [5, 5.41) is 1.45. The van der Waals surface area contributed by atoms with Crippen molar-refractivity contribution in [1.29, 1.82) is 0 Å². The van der Waals surface area contributed by atoms with Crippen molar-refractivity contribution in [2.24, 2.45) is 5.73 Å². The number of H-pyrrole nitrogens is 1. The van der Waals surface area contributed by atoms with Crippen LogP contribution in [0.25, 0.3) is 10.9 Å². The van der Waals surface area contributed by atoms with E-state index >= 15 is 0 Å². The SMILES string of the molecule is NC1(Cc2cccc3c4c([nH]c23)N2CCC4CC2)CC1. The van der Waals surface area contributed by atoms with Gasteiger partial charge in [-0.15, -0.1) is 0 Å². The molecule has 0 radical (unpaired) electrons. The maximum atomic E-state index is 6.33. The average Bonchev–Trinajstić information content (AvgIpc) is 3.04. The zero-order valence-corrected chi connectivity index (χ0v) is 11.8. The fourth-order valence-electron chi connectivity index (χ4n) is 4.20. The Hall–Kier alpha value is -1.48. The number of nitrogens with zero attached hydrogens (tertiary/aromatic N) is 1. The zero-order chi connectivity index (χ0) is 13.3. The number of benzene rings is 1. The van der Waals surface area contributed by atoms with Gasteiger partial charge < -0.3 is 15.6 Å². The van der Waals surface area contributed by atoms with Crippen LogP contribution < -0.4 is 10.6 Å². The van der Waals surface area contributed by atoms with Crippen molar-refractivity contribution in [2.75, 3.05) is 18.0 Å². The number of nitrogens with one attached hydrogen (secondary N) is 1. The van der Waals surface area contributed by atoms with E-state index in [0.717, 1.165) is 12.3 Å². The maximum absolute atomic E-state index is 6.33. The fraction of sp³-hybridized carbons (Fsp3) is 0.529. The van der Waals surface area contributed by atoms with Gasteiger partial charge in [-0.1, -0.05) is 18.2 Å². The minimum Gasteiger partial charge on any atom is -0.358 e. The van der Waals surface area contributed by atoms with Gasteiger partial charge in [0.15, 0.2) is 0 Å². The lowest BCUT2D eigenvalue weighted by molar-refractivity contribution is 0.475. The number of aromatic nitrogens is 1. The van der Waals surface area contributed by atoms with Crippen LogP contribution in [0.2, 0.25) is 0 Å². The molecule has 6 rings (SSSR count). The summed E-state index contributed by atoms with van der Waals surface area (Å²) >= 11 is 0. The second kappa shape index (κ2) is 3.59. The van der Waals surface area contributed by atoms with Crippen LogP contribution >= 0.6 is 0 Å². The lowest BCUT2D eigenvalue weighted by atomic mass is 9.84. The Morgan fingerprint density at radius 1 is 1.25 bits per heavy atom. The zero-order valence-electron chi connectivity index (χ0n) is 11.8. The van der Waals surface area contributed by atoms with E-state index in [1.165, 1.54) is 61.1 Å². The second-order valence-corrected chi connectivity index (χ2v) is 7.03. The molecule has 1 saturated carbocycles. The molecule has 1 saturated heterocycles. The largest absolute Gasteiger partial charge is 0.358 e. The molecule has 2 bridgehead atoms. The highest BCUT2D eigenvalue weighted by Gasteiger charge is 2.39. The molecule has 2 aromatic rings. The molecular weight excluding hydrogens is 246 g/mol. The maximum Gasteiger partial charge on any atom is 0.110 e. The lowest BCUT2D eigenvalue weighted by Gasteiger charge is -2.40. The first kappa shape index (κ1) is 11.2. The molecule has 3 nitrogen and oxygen atoms in total. The molecule has 1 aromatic carbocycles. The molecule has 4 heterocycles. The van der Waals surface area contributed by atoms with Crippen LogP contribution in [-0.4, -0.2) is 23.6 Å². The van der Waals surface area contributed by atoms with Crippen LogP contribution in [0.4, 0.5) is 5.82 Å². The Bertz CT molecular complexity index is 688. The number of aromatic amines is 1. The molecule has 0 atom stereocenters. The molecule has 1 aromatic heterocycles. The van der Waals surface area contributed by atoms with E-state index < -0.39 is 0 Å². The first-order valence-corrected chi connectivity index (χ1v) is 7.91. The Kier molecular flexibility index (Phi) is 2.01. The standard InChI is InChI=1S/C17H21N3/c18-17(6-7-17)10-12-2-1-3-13-14-11-4-8-20(9-5-11)16(14)19-15(12)13/h1-3,11,19H,4-10,18H2. The van der Waals surface area contributed by atoms with Crippen molar-refractivity contribution >= 4 is 16.7 Å². The molecular formula is C17H21N3. The summed E-state index contributed by atoms with van der Waals surface area (Å²) in [7, 11) is 0. The van der Waals surface area contributed by atoms with Crippen LogP contribution in [0, 0.1) is 0 Å². The van der Waals surface area contributed by atoms with Gasteiger partial charge in [0.25, 0.3) is 0 Å². The molecule has 2 fully saturated rings. The quantitative estimate of drug-likeness (QED) is 0.878. The number of hydrogen-bond donors (Lipinski definition) is 2. The predicted octanol–water partition coefficient (Wildman–Crippen LogP) is 2.90. The van der Waals surface area contributed by atoms with E-state index in [4.69, 9.17) is 5.73 Å². The topological polar surface area (TPSA) is 45.1 Å². The van der Waals surface area contributed by atoms with Crippen molar-refractivity contribution in [3.05, 3.63) is 29.3 Å². The lowest BCUT2D eigenvalue weighted by Crippen LogP contribution is -2.38. The van der Waals surface area contributed by atoms with Crippen LogP contribution in [0.5, 0.6) is 0 Å². The van der Waals surface area contributed by atoms with Crippen LogP contribution in [-0.2, 0) is 6.42 Å². The van der Waals surface area contributed by atoms with Gasteiger partial charge in [0.2, 0.25) is 0 Å². The van der Waals surface area contributed by atoms with Gasteiger partial charge in [0, 0.05) is 29.6 Å². The number of anilines is 1. The molecule has 1 aliphatic carbocycles. The molecule has 0 amide bonds. The molecule has 4 aliphatic rings. The predicted molar refractivity (Wildman–Crippen MR) is 82.3 cm³/mol. The van der Waals surface area contributed by atoms with Gasteiger partial charge in [-0.2, -0.15) is 0 Å². The van der Waals surface area contributed by atoms with E-state index in [9.17, 15) is 0 Å². The number of piperidine rings is 1. The van der Waals surface area contributed by atoms with E-state index in [0.29, 0.717) is 0 Å². The van der Waals surface area contributed by atoms with Gasteiger partial charge in [-0.05, 0) is 43.6 Å². The van der Waals surface area contributed by atoms with Crippen molar-refractivity contribution in [2.45, 2.75) is 43.6 Å². The van der Waals surface area contributed by atoms with Gasteiger partial charge in [-0.25, -0.2) is 0 Å². The summed E-state index contributed by atoms with van der Waals surface area (Å²) in [5.74, 6) is 2.17. The van der Waals surface area contributed by atoms with Crippen molar-refractivity contribution in [1.82, 2.24) is 4.98 Å². The van der Waals surface area contributed by atoms with Gasteiger partial charge in [-0.3, -0.25) is 0 Å². The van der Waals surface area contributed by atoms with E-state index in [1.807, 2.05) is 0 Å². The van der Waals surface area contributed by atoms with E-state index in [2.05, 4.69) is 28.1 Å². The molecule has 0 unspecified atom stereocenters. The number of hydrogen-bond acceptors (Lipinski definition) is 2. The van der Waals surface area contributed by atoms with E-state index in [-0.39, 0.29) is 5.54 Å². The van der Waals surface area contributed by atoms with Gasteiger partial charge >= 0.3 is 0 Å². The Morgan fingerprint density at radius 3 is 2.80 bits per heavy atom. The van der Waals surface area contributed by atoms with Crippen molar-refractivity contribution in [3.8, 4) is 0 Å². The summed E-state index contributed by atoms with van der Waals surface area (Å²) in [4.78, 5) is 6.27. The number of para-hydroxylation sites is 1. The first-order chi connectivity index (χ1) is 9.73. The third kappa shape index (κ3) is 1.44. The number of rotatable bonds is 2.